The van der Waals surface area contributed by atoms with Gasteiger partial charge in [-0.05, 0) is 37.0 Å². The van der Waals surface area contributed by atoms with Gasteiger partial charge in [-0.25, -0.2) is 4.79 Å². The molecule has 1 aromatic rings. The number of hydrogen-bond donors (Lipinski definition) is 2. The smallest absolute Gasteiger partial charge is 0.407 e. The average molecular weight is 311 g/mol. The van der Waals surface area contributed by atoms with E-state index in [1.165, 1.54) is 4.90 Å². The van der Waals surface area contributed by atoms with E-state index in [9.17, 15) is 14.7 Å². The topological polar surface area (TPSA) is 69.6 Å². The molecule has 0 heterocycles. The van der Waals surface area contributed by atoms with E-state index in [1.807, 2.05) is 13.0 Å². The zero-order valence-electron chi connectivity index (χ0n) is 11.9. The third kappa shape index (κ3) is 4.36. The summed E-state index contributed by atoms with van der Waals surface area (Å²) in [5, 5.41) is 12.5. The highest BCUT2D eigenvalue weighted by Gasteiger charge is 2.32. The first kappa shape index (κ1) is 15.6. The van der Waals surface area contributed by atoms with Gasteiger partial charge in [-0.2, -0.15) is 0 Å². The lowest BCUT2D eigenvalue weighted by molar-refractivity contribution is -0.120. The summed E-state index contributed by atoms with van der Waals surface area (Å²) in [4.78, 5) is 24.3. The molecule has 1 fully saturated rings. The lowest BCUT2D eigenvalue weighted by atomic mass is 10.1. The third-order valence-corrected chi connectivity index (χ3v) is 3.79. The molecular weight excluding hydrogens is 292 g/mol. The summed E-state index contributed by atoms with van der Waals surface area (Å²) < 4.78 is 0. The first-order valence-electron chi connectivity index (χ1n) is 7.04. The molecule has 0 bridgehead atoms. The van der Waals surface area contributed by atoms with Gasteiger partial charge in [-0.1, -0.05) is 23.7 Å². The van der Waals surface area contributed by atoms with Crippen LogP contribution >= 0.6 is 11.6 Å². The van der Waals surface area contributed by atoms with Crippen molar-refractivity contribution in [3.05, 3.63) is 34.3 Å². The van der Waals surface area contributed by atoms with Crippen LogP contribution in [-0.2, 0) is 17.8 Å². The van der Waals surface area contributed by atoms with Crippen molar-refractivity contribution in [3.63, 3.8) is 0 Å². The van der Waals surface area contributed by atoms with Crippen LogP contribution in [-0.4, -0.2) is 34.6 Å². The fourth-order valence-electron chi connectivity index (χ4n) is 2.23. The van der Waals surface area contributed by atoms with Gasteiger partial charge < -0.3 is 15.3 Å². The van der Waals surface area contributed by atoms with Gasteiger partial charge in [0.05, 0.1) is 13.0 Å². The van der Waals surface area contributed by atoms with Gasteiger partial charge in [0.1, 0.15) is 0 Å². The molecule has 1 aliphatic carbocycles. The van der Waals surface area contributed by atoms with E-state index in [-0.39, 0.29) is 24.9 Å². The second-order valence-corrected chi connectivity index (χ2v) is 5.60. The summed E-state index contributed by atoms with van der Waals surface area (Å²) in [7, 11) is 0. The van der Waals surface area contributed by atoms with Gasteiger partial charge in [-0.3, -0.25) is 4.79 Å². The molecule has 21 heavy (non-hydrogen) atoms. The number of carboxylic acid groups (broad SMARTS) is 1. The van der Waals surface area contributed by atoms with Crippen molar-refractivity contribution in [1.82, 2.24) is 10.2 Å². The van der Waals surface area contributed by atoms with Crippen molar-refractivity contribution in [2.45, 2.75) is 38.8 Å². The van der Waals surface area contributed by atoms with E-state index in [0.29, 0.717) is 11.6 Å². The molecule has 0 aliphatic heterocycles. The van der Waals surface area contributed by atoms with E-state index in [1.54, 1.807) is 12.1 Å². The number of amides is 2. The lowest BCUT2D eigenvalue weighted by Gasteiger charge is -2.19. The molecule has 2 amide bonds. The molecule has 114 valence electrons. The van der Waals surface area contributed by atoms with Crippen LogP contribution in [0.15, 0.2) is 18.2 Å². The Labute approximate surface area is 128 Å². The summed E-state index contributed by atoms with van der Waals surface area (Å²) in [6, 6.07) is 5.43. The average Bonchev–Trinajstić information content (AvgIpc) is 3.23. The normalized spacial score (nSPS) is 13.8. The Balaban J connectivity index is 2.11. The number of carbonyl (C=O) groups excluding carboxylic acids is 1. The Morgan fingerprint density at radius 3 is 2.71 bits per heavy atom. The molecule has 1 aliphatic rings. The molecule has 5 nitrogen and oxygen atoms in total. The molecular formula is C15H19ClN2O3. The number of likely N-dealkylation sites (N-methyl/N-ethyl adjacent to an activating group) is 1. The van der Waals surface area contributed by atoms with Gasteiger partial charge in [-0.15, -0.1) is 0 Å². The van der Waals surface area contributed by atoms with Crippen LogP contribution < -0.4 is 5.32 Å². The standard InChI is InChI=1S/C15H19ClN2O3/c1-2-17-14(19)8-10-3-6-13(16)11(7-10)9-18(15(20)21)12-4-5-12/h3,6-7,12H,2,4-5,8-9H2,1H3,(H,17,19)(H,20,21). The minimum absolute atomic E-state index is 0.0527. The van der Waals surface area contributed by atoms with Crippen LogP contribution in [0.4, 0.5) is 4.79 Å². The third-order valence-electron chi connectivity index (χ3n) is 3.42. The maximum atomic E-state index is 11.6. The molecule has 2 rings (SSSR count). The Hall–Kier alpha value is -1.75. The fourth-order valence-corrected chi connectivity index (χ4v) is 2.40. The van der Waals surface area contributed by atoms with Crippen LogP contribution in [0.25, 0.3) is 0 Å². The highest BCUT2D eigenvalue weighted by atomic mass is 35.5. The van der Waals surface area contributed by atoms with Crippen molar-refractivity contribution < 1.29 is 14.7 Å². The summed E-state index contributed by atoms with van der Waals surface area (Å²) in [5.74, 6) is -0.0527. The van der Waals surface area contributed by atoms with Gasteiger partial charge in [0, 0.05) is 17.6 Å². The van der Waals surface area contributed by atoms with E-state index in [2.05, 4.69) is 5.32 Å². The Kier molecular flexibility index (Phi) is 5.07. The fraction of sp³-hybridized carbons (Fsp3) is 0.467. The monoisotopic (exact) mass is 310 g/mol. The van der Waals surface area contributed by atoms with Crippen LogP contribution in [0, 0.1) is 0 Å². The molecule has 1 saturated carbocycles. The second-order valence-electron chi connectivity index (χ2n) is 5.20. The summed E-state index contributed by atoms with van der Waals surface area (Å²) in [6.45, 7) is 2.72. The quantitative estimate of drug-likeness (QED) is 0.848. The molecule has 0 spiro atoms. The second kappa shape index (κ2) is 6.80. The van der Waals surface area contributed by atoms with Crippen LogP contribution in [0.5, 0.6) is 0 Å². The van der Waals surface area contributed by atoms with Gasteiger partial charge in [0.25, 0.3) is 0 Å². The van der Waals surface area contributed by atoms with Crippen LogP contribution in [0.2, 0.25) is 5.02 Å². The molecule has 0 saturated heterocycles. The van der Waals surface area contributed by atoms with Crippen molar-refractivity contribution in [1.29, 1.82) is 0 Å². The molecule has 0 atom stereocenters. The van der Waals surface area contributed by atoms with Gasteiger partial charge in [0.15, 0.2) is 0 Å². The van der Waals surface area contributed by atoms with Crippen molar-refractivity contribution in [2.75, 3.05) is 6.54 Å². The zero-order chi connectivity index (χ0) is 15.4. The minimum atomic E-state index is -0.928. The molecule has 0 radical (unpaired) electrons. The number of benzene rings is 1. The van der Waals surface area contributed by atoms with E-state index in [4.69, 9.17) is 11.6 Å². The molecule has 1 aromatic carbocycles. The maximum Gasteiger partial charge on any atom is 0.407 e. The summed E-state index contributed by atoms with van der Waals surface area (Å²) in [5.41, 5.74) is 1.58. The first-order chi connectivity index (χ1) is 10.0. The first-order valence-corrected chi connectivity index (χ1v) is 7.42. The predicted octanol–water partition coefficient (Wildman–Crippen LogP) is 2.66. The van der Waals surface area contributed by atoms with Crippen molar-refractivity contribution >= 4 is 23.6 Å². The lowest BCUT2D eigenvalue weighted by Crippen LogP contribution is -2.31. The maximum absolute atomic E-state index is 11.6. The SMILES string of the molecule is CCNC(=O)Cc1ccc(Cl)c(CN(C(=O)O)C2CC2)c1. The Morgan fingerprint density at radius 2 is 2.14 bits per heavy atom. The highest BCUT2D eigenvalue weighted by Crippen LogP contribution is 2.30. The Morgan fingerprint density at radius 1 is 1.43 bits per heavy atom. The van der Waals surface area contributed by atoms with Crippen LogP contribution in [0.1, 0.15) is 30.9 Å². The van der Waals surface area contributed by atoms with E-state index < -0.39 is 6.09 Å². The predicted molar refractivity (Wildman–Crippen MR) is 80.4 cm³/mol. The molecule has 0 aromatic heterocycles. The Bertz CT molecular complexity index is 544. The van der Waals surface area contributed by atoms with E-state index >= 15 is 0 Å². The van der Waals surface area contributed by atoms with Gasteiger partial charge >= 0.3 is 6.09 Å². The zero-order valence-corrected chi connectivity index (χ0v) is 12.7. The molecule has 6 heteroatoms. The van der Waals surface area contributed by atoms with Crippen molar-refractivity contribution in [2.24, 2.45) is 0 Å². The van der Waals surface area contributed by atoms with Crippen molar-refractivity contribution in [3.8, 4) is 0 Å². The number of halogens is 1. The number of nitrogens with zero attached hydrogens (tertiary/aromatic N) is 1. The molecule has 0 unspecified atom stereocenters. The minimum Gasteiger partial charge on any atom is -0.465 e. The molecule has 2 N–H and O–H groups in total. The number of rotatable bonds is 6. The number of hydrogen-bond acceptors (Lipinski definition) is 2. The van der Waals surface area contributed by atoms with E-state index in [0.717, 1.165) is 24.0 Å². The summed E-state index contributed by atoms with van der Waals surface area (Å²) >= 11 is 6.15. The number of nitrogens with one attached hydrogen (secondary N) is 1. The largest absolute Gasteiger partial charge is 0.465 e. The van der Waals surface area contributed by atoms with Gasteiger partial charge in [0.2, 0.25) is 5.91 Å². The van der Waals surface area contributed by atoms with Crippen LogP contribution in [0.3, 0.4) is 0 Å². The summed E-state index contributed by atoms with van der Waals surface area (Å²) in [6.07, 6.45) is 1.15. The highest BCUT2D eigenvalue weighted by molar-refractivity contribution is 6.31. The number of carbonyl (C=O) groups is 2.